The average Bonchev–Trinajstić information content (AvgIpc) is 1.82. The Bertz CT molecular complexity index is 226. The highest BCUT2D eigenvalue weighted by atomic mass is 14.3. The van der Waals surface area contributed by atoms with Gasteiger partial charge in [-0.3, -0.25) is 0 Å². The molecule has 12 heavy (non-hydrogen) atoms. The minimum Gasteiger partial charge on any atom is -0.0751 e. The molecule has 0 spiro atoms. The average molecular weight is 164 g/mol. The van der Waals surface area contributed by atoms with Gasteiger partial charge in [0.05, 0.1) is 0 Å². The van der Waals surface area contributed by atoms with Crippen molar-refractivity contribution < 1.29 is 0 Å². The maximum atomic E-state index is 2.42. The molecule has 0 heterocycles. The zero-order valence-corrected chi connectivity index (χ0v) is 8.94. The van der Waals surface area contributed by atoms with Gasteiger partial charge < -0.3 is 0 Å². The van der Waals surface area contributed by atoms with Crippen molar-refractivity contribution in [3.05, 3.63) is 23.3 Å². The predicted molar refractivity (Wildman–Crippen MR) is 55.1 cm³/mol. The third-order valence-electron chi connectivity index (χ3n) is 2.37. The lowest BCUT2D eigenvalue weighted by atomic mass is 9.78. The lowest BCUT2D eigenvalue weighted by Crippen LogP contribution is -2.14. The van der Waals surface area contributed by atoms with Gasteiger partial charge in [0.15, 0.2) is 0 Å². The Morgan fingerprint density at radius 2 is 1.92 bits per heavy atom. The highest BCUT2D eigenvalue weighted by molar-refractivity contribution is 5.31. The molecular weight excluding hydrogens is 144 g/mol. The van der Waals surface area contributed by atoms with Crippen molar-refractivity contribution in [3.8, 4) is 0 Å². The van der Waals surface area contributed by atoms with Crippen molar-refractivity contribution in [1.29, 1.82) is 0 Å². The summed E-state index contributed by atoms with van der Waals surface area (Å²) in [6, 6.07) is 0. The smallest absolute Gasteiger partial charge is 0.0132 e. The van der Waals surface area contributed by atoms with Crippen LogP contribution in [-0.2, 0) is 0 Å². The Morgan fingerprint density at radius 1 is 1.33 bits per heavy atom. The Morgan fingerprint density at radius 3 is 2.33 bits per heavy atom. The standard InChI is InChI=1S/C12H20/c1-9(2)11-6-10(3)7-12(4,5)8-11/h6,8-9H,7H2,1-5H3. The molecule has 1 aliphatic carbocycles. The van der Waals surface area contributed by atoms with Crippen LogP contribution in [0.4, 0.5) is 0 Å². The molecule has 0 heteroatoms. The summed E-state index contributed by atoms with van der Waals surface area (Å²) < 4.78 is 0. The summed E-state index contributed by atoms with van der Waals surface area (Å²) in [5.41, 5.74) is 3.40. The van der Waals surface area contributed by atoms with Gasteiger partial charge in [-0.25, -0.2) is 0 Å². The third-order valence-corrected chi connectivity index (χ3v) is 2.37. The van der Waals surface area contributed by atoms with E-state index in [1.165, 1.54) is 17.6 Å². The highest BCUT2D eigenvalue weighted by Crippen LogP contribution is 2.34. The normalized spacial score (nSPS) is 22.2. The summed E-state index contributed by atoms with van der Waals surface area (Å²) in [5.74, 6) is 0.666. The zero-order chi connectivity index (χ0) is 9.35. The molecular formula is C12H20. The summed E-state index contributed by atoms with van der Waals surface area (Å²) in [6.45, 7) is 11.4. The first kappa shape index (κ1) is 9.57. The summed E-state index contributed by atoms with van der Waals surface area (Å²) >= 11 is 0. The van der Waals surface area contributed by atoms with Gasteiger partial charge in [0, 0.05) is 0 Å². The number of allylic oxidation sites excluding steroid dienone is 4. The minimum atomic E-state index is 0.373. The van der Waals surface area contributed by atoms with Crippen LogP contribution < -0.4 is 0 Å². The largest absolute Gasteiger partial charge is 0.0751 e. The topological polar surface area (TPSA) is 0 Å². The Balaban J connectivity index is 2.93. The molecule has 0 saturated carbocycles. The van der Waals surface area contributed by atoms with Gasteiger partial charge >= 0.3 is 0 Å². The molecule has 0 N–H and O–H groups in total. The fraction of sp³-hybridized carbons (Fsp3) is 0.667. The number of hydrogen-bond acceptors (Lipinski definition) is 0. The lowest BCUT2D eigenvalue weighted by molar-refractivity contribution is 0.460. The van der Waals surface area contributed by atoms with Crippen molar-refractivity contribution in [2.75, 3.05) is 0 Å². The van der Waals surface area contributed by atoms with Crippen LogP contribution in [0.5, 0.6) is 0 Å². The van der Waals surface area contributed by atoms with E-state index in [4.69, 9.17) is 0 Å². The van der Waals surface area contributed by atoms with Gasteiger partial charge in [0.2, 0.25) is 0 Å². The number of hydrogen-bond donors (Lipinski definition) is 0. The minimum absolute atomic E-state index is 0.373. The second kappa shape index (κ2) is 3.08. The number of rotatable bonds is 1. The van der Waals surface area contributed by atoms with Crippen molar-refractivity contribution in [1.82, 2.24) is 0 Å². The van der Waals surface area contributed by atoms with Crippen LogP contribution in [0.25, 0.3) is 0 Å². The molecule has 0 saturated heterocycles. The fourth-order valence-corrected chi connectivity index (χ4v) is 1.93. The fourth-order valence-electron chi connectivity index (χ4n) is 1.93. The summed E-state index contributed by atoms with van der Waals surface area (Å²) in [7, 11) is 0. The highest BCUT2D eigenvalue weighted by Gasteiger charge is 2.20. The van der Waals surface area contributed by atoms with E-state index in [-0.39, 0.29) is 0 Å². The van der Waals surface area contributed by atoms with Gasteiger partial charge in [-0.2, -0.15) is 0 Å². The third kappa shape index (κ3) is 2.23. The first-order valence-corrected chi connectivity index (χ1v) is 4.81. The van der Waals surface area contributed by atoms with Crippen LogP contribution >= 0.6 is 0 Å². The van der Waals surface area contributed by atoms with Crippen LogP contribution in [0.1, 0.15) is 41.0 Å². The maximum Gasteiger partial charge on any atom is -0.0132 e. The van der Waals surface area contributed by atoms with Crippen molar-refractivity contribution in [3.63, 3.8) is 0 Å². The first-order valence-electron chi connectivity index (χ1n) is 4.81. The molecule has 0 atom stereocenters. The Labute approximate surface area is 76.4 Å². The molecule has 0 aromatic carbocycles. The second-order valence-corrected chi connectivity index (χ2v) is 4.96. The van der Waals surface area contributed by atoms with Gasteiger partial charge in [-0.1, -0.05) is 45.4 Å². The zero-order valence-electron chi connectivity index (χ0n) is 8.94. The molecule has 1 aliphatic rings. The molecule has 0 aromatic rings. The van der Waals surface area contributed by atoms with Crippen LogP contribution in [0.2, 0.25) is 0 Å². The maximum absolute atomic E-state index is 2.42. The van der Waals surface area contributed by atoms with Crippen molar-refractivity contribution >= 4 is 0 Å². The van der Waals surface area contributed by atoms with E-state index in [1.54, 1.807) is 0 Å². The lowest BCUT2D eigenvalue weighted by Gasteiger charge is -2.28. The predicted octanol–water partition coefficient (Wildman–Crippen LogP) is 3.95. The molecule has 0 nitrogen and oxygen atoms in total. The quantitative estimate of drug-likeness (QED) is 0.550. The van der Waals surface area contributed by atoms with Gasteiger partial charge in [0.25, 0.3) is 0 Å². The molecule has 1 rings (SSSR count). The molecule has 0 amide bonds. The van der Waals surface area contributed by atoms with E-state index in [0.717, 1.165) is 0 Å². The molecule has 0 radical (unpaired) electrons. The molecule has 0 aliphatic heterocycles. The summed E-state index contributed by atoms with van der Waals surface area (Å²) in [6.07, 6.45) is 5.98. The van der Waals surface area contributed by atoms with Crippen LogP contribution in [0.15, 0.2) is 23.3 Å². The monoisotopic (exact) mass is 164 g/mol. The van der Waals surface area contributed by atoms with E-state index < -0.39 is 0 Å². The second-order valence-electron chi connectivity index (χ2n) is 4.96. The SMILES string of the molecule is CC1=CC(C(C)C)=CC(C)(C)C1. The van der Waals surface area contributed by atoms with E-state index in [0.29, 0.717) is 11.3 Å². The van der Waals surface area contributed by atoms with Crippen LogP contribution in [0, 0.1) is 11.3 Å². The molecule has 0 fully saturated rings. The summed E-state index contributed by atoms with van der Waals surface area (Å²) in [5, 5.41) is 0. The van der Waals surface area contributed by atoms with Gasteiger partial charge in [-0.15, -0.1) is 0 Å². The van der Waals surface area contributed by atoms with E-state index in [9.17, 15) is 0 Å². The van der Waals surface area contributed by atoms with E-state index in [1.807, 2.05) is 0 Å². The molecule has 0 aromatic heterocycles. The Kier molecular flexibility index (Phi) is 2.46. The van der Waals surface area contributed by atoms with E-state index >= 15 is 0 Å². The van der Waals surface area contributed by atoms with E-state index in [2.05, 4.69) is 46.8 Å². The van der Waals surface area contributed by atoms with Crippen LogP contribution in [0.3, 0.4) is 0 Å². The van der Waals surface area contributed by atoms with Crippen molar-refractivity contribution in [2.24, 2.45) is 11.3 Å². The Hall–Kier alpha value is -0.520. The summed E-state index contributed by atoms with van der Waals surface area (Å²) in [4.78, 5) is 0. The molecule has 68 valence electrons. The molecule has 0 bridgehead atoms. The van der Waals surface area contributed by atoms with Crippen LogP contribution in [-0.4, -0.2) is 0 Å². The van der Waals surface area contributed by atoms with Crippen molar-refractivity contribution in [2.45, 2.75) is 41.0 Å². The van der Waals surface area contributed by atoms with Gasteiger partial charge in [-0.05, 0) is 30.3 Å². The first-order chi connectivity index (χ1) is 5.41. The van der Waals surface area contributed by atoms with Gasteiger partial charge in [0.1, 0.15) is 0 Å². The molecule has 0 unspecified atom stereocenters.